The lowest BCUT2D eigenvalue weighted by Crippen LogP contribution is -2.53. The zero-order valence-electron chi connectivity index (χ0n) is 21.9. The molecule has 1 saturated heterocycles. The summed E-state index contributed by atoms with van der Waals surface area (Å²) in [4.78, 5) is 40.5. The molecule has 7 nitrogen and oxygen atoms in total. The Labute approximate surface area is 219 Å². The summed E-state index contributed by atoms with van der Waals surface area (Å²) in [7, 11) is 0. The van der Waals surface area contributed by atoms with E-state index in [1.807, 2.05) is 54.6 Å². The molecule has 0 spiro atoms. The highest BCUT2D eigenvalue weighted by Crippen LogP contribution is 2.23. The standard InChI is InChI=1S/C30H36N2O5/c1-6-21(2)20-36-28(34)26-13-10-18-32(26)27(33)25(31-29(35)37-30(3,4)5)19-22-14-16-24(17-15-22)23-11-8-7-9-12-23/h6-9,11-12,14-17,25-26H,1-2,10,13,18-20H2,3-5H3,(H,31,35). The number of hydrogen-bond acceptors (Lipinski definition) is 5. The van der Waals surface area contributed by atoms with Gasteiger partial charge in [0, 0.05) is 13.0 Å². The van der Waals surface area contributed by atoms with E-state index in [4.69, 9.17) is 9.47 Å². The number of carbonyl (C=O) groups excluding carboxylic acids is 3. The fourth-order valence-corrected chi connectivity index (χ4v) is 4.14. The molecule has 1 fully saturated rings. The number of likely N-dealkylation sites (tertiary alicyclic amines) is 1. The first-order chi connectivity index (χ1) is 17.6. The quantitative estimate of drug-likeness (QED) is 0.381. The molecule has 37 heavy (non-hydrogen) atoms. The Bertz CT molecular complexity index is 1120. The summed E-state index contributed by atoms with van der Waals surface area (Å²) >= 11 is 0. The summed E-state index contributed by atoms with van der Waals surface area (Å²) < 4.78 is 10.8. The van der Waals surface area contributed by atoms with Crippen molar-refractivity contribution in [3.63, 3.8) is 0 Å². The third-order valence-electron chi connectivity index (χ3n) is 5.99. The third kappa shape index (κ3) is 8.07. The number of hydrogen-bond donors (Lipinski definition) is 1. The molecule has 2 atom stereocenters. The van der Waals surface area contributed by atoms with Gasteiger partial charge in [0.2, 0.25) is 5.91 Å². The van der Waals surface area contributed by atoms with Crippen molar-refractivity contribution in [1.29, 1.82) is 0 Å². The lowest BCUT2D eigenvalue weighted by Gasteiger charge is -2.29. The van der Waals surface area contributed by atoms with Crippen LogP contribution in [0.5, 0.6) is 0 Å². The van der Waals surface area contributed by atoms with Crippen molar-refractivity contribution >= 4 is 18.0 Å². The van der Waals surface area contributed by atoms with Gasteiger partial charge in [-0.1, -0.05) is 73.8 Å². The number of ether oxygens (including phenoxy) is 2. The number of amides is 2. The van der Waals surface area contributed by atoms with E-state index >= 15 is 0 Å². The Morgan fingerprint density at radius 1 is 1.08 bits per heavy atom. The van der Waals surface area contributed by atoms with Gasteiger partial charge in [0.25, 0.3) is 0 Å². The van der Waals surface area contributed by atoms with Crippen molar-refractivity contribution in [3.8, 4) is 11.1 Å². The van der Waals surface area contributed by atoms with Gasteiger partial charge < -0.3 is 19.7 Å². The number of alkyl carbamates (subject to hydrolysis) is 1. The molecule has 1 heterocycles. The summed E-state index contributed by atoms with van der Waals surface area (Å²) in [5.74, 6) is -0.836. The van der Waals surface area contributed by atoms with E-state index < -0.39 is 29.7 Å². The molecule has 7 heteroatoms. The van der Waals surface area contributed by atoms with Gasteiger partial charge in [0.05, 0.1) is 0 Å². The summed E-state index contributed by atoms with van der Waals surface area (Å²) in [6.07, 6.45) is 2.25. The number of nitrogens with zero attached hydrogens (tertiary/aromatic N) is 1. The van der Waals surface area contributed by atoms with E-state index in [9.17, 15) is 14.4 Å². The molecule has 0 radical (unpaired) electrons. The summed E-state index contributed by atoms with van der Waals surface area (Å²) in [6.45, 7) is 13.1. The van der Waals surface area contributed by atoms with Crippen molar-refractivity contribution in [1.82, 2.24) is 10.2 Å². The second-order valence-electron chi connectivity index (χ2n) is 10.1. The van der Waals surface area contributed by atoms with Crippen LogP contribution in [0.1, 0.15) is 39.2 Å². The number of benzene rings is 2. The molecule has 1 N–H and O–H groups in total. The van der Waals surface area contributed by atoms with Crippen molar-refractivity contribution in [2.24, 2.45) is 0 Å². The SMILES string of the molecule is C=CC(=C)COC(=O)C1CCCN1C(=O)C(Cc1ccc(-c2ccccc2)cc1)NC(=O)OC(C)(C)C. The molecular weight excluding hydrogens is 468 g/mol. The van der Waals surface area contributed by atoms with Gasteiger partial charge in [-0.05, 0) is 55.9 Å². The smallest absolute Gasteiger partial charge is 0.408 e. The average molecular weight is 505 g/mol. The van der Waals surface area contributed by atoms with Crippen LogP contribution in [-0.2, 0) is 25.5 Å². The Kier molecular flexibility index (Phi) is 9.28. The molecule has 0 bridgehead atoms. The van der Waals surface area contributed by atoms with Crippen LogP contribution in [0.3, 0.4) is 0 Å². The largest absolute Gasteiger partial charge is 0.459 e. The Balaban J connectivity index is 1.78. The van der Waals surface area contributed by atoms with Crippen LogP contribution in [0.25, 0.3) is 11.1 Å². The highest BCUT2D eigenvalue weighted by atomic mass is 16.6. The van der Waals surface area contributed by atoms with Gasteiger partial charge in [-0.2, -0.15) is 0 Å². The summed E-state index contributed by atoms with van der Waals surface area (Å²) in [5.41, 5.74) is 2.87. The maximum Gasteiger partial charge on any atom is 0.408 e. The van der Waals surface area contributed by atoms with E-state index in [0.29, 0.717) is 25.0 Å². The Hall–Kier alpha value is -3.87. The van der Waals surface area contributed by atoms with Gasteiger partial charge in [0.15, 0.2) is 0 Å². The van der Waals surface area contributed by atoms with Crippen LogP contribution < -0.4 is 5.32 Å². The molecule has 2 aromatic carbocycles. The van der Waals surface area contributed by atoms with E-state index in [2.05, 4.69) is 18.5 Å². The van der Waals surface area contributed by atoms with Crippen LogP contribution in [0, 0.1) is 0 Å². The van der Waals surface area contributed by atoms with Gasteiger partial charge >= 0.3 is 12.1 Å². The molecule has 2 amide bonds. The molecule has 0 aromatic heterocycles. The molecular formula is C30H36N2O5. The van der Waals surface area contributed by atoms with E-state index in [0.717, 1.165) is 16.7 Å². The minimum absolute atomic E-state index is 0.0220. The lowest BCUT2D eigenvalue weighted by atomic mass is 10.00. The monoisotopic (exact) mass is 504 g/mol. The van der Waals surface area contributed by atoms with Crippen LogP contribution in [0.15, 0.2) is 79.4 Å². The number of nitrogens with one attached hydrogen (secondary N) is 1. The molecule has 0 aliphatic carbocycles. The maximum atomic E-state index is 13.7. The van der Waals surface area contributed by atoms with Crippen LogP contribution in [0.2, 0.25) is 0 Å². The molecule has 2 aromatic rings. The molecule has 0 saturated carbocycles. The van der Waals surface area contributed by atoms with E-state index in [1.54, 1.807) is 20.8 Å². The maximum absolute atomic E-state index is 13.7. The number of carbonyl (C=O) groups is 3. The summed E-state index contributed by atoms with van der Waals surface area (Å²) in [6, 6.07) is 16.2. The van der Waals surface area contributed by atoms with Gasteiger partial charge in [-0.15, -0.1) is 0 Å². The molecule has 1 aliphatic rings. The minimum Gasteiger partial charge on any atom is -0.459 e. The van der Waals surface area contributed by atoms with Crippen LogP contribution in [0.4, 0.5) is 4.79 Å². The van der Waals surface area contributed by atoms with Gasteiger partial charge in [0.1, 0.15) is 24.3 Å². The highest BCUT2D eigenvalue weighted by molar-refractivity contribution is 5.90. The predicted molar refractivity (Wildman–Crippen MR) is 144 cm³/mol. The zero-order chi connectivity index (χ0) is 27.0. The molecule has 1 aliphatic heterocycles. The van der Waals surface area contributed by atoms with Crippen molar-refractivity contribution < 1.29 is 23.9 Å². The first-order valence-corrected chi connectivity index (χ1v) is 12.5. The minimum atomic E-state index is -0.908. The van der Waals surface area contributed by atoms with Crippen LogP contribution >= 0.6 is 0 Å². The topological polar surface area (TPSA) is 84.9 Å². The molecule has 196 valence electrons. The van der Waals surface area contributed by atoms with Crippen molar-refractivity contribution in [2.75, 3.05) is 13.2 Å². The van der Waals surface area contributed by atoms with Crippen molar-refractivity contribution in [3.05, 3.63) is 85.0 Å². The van der Waals surface area contributed by atoms with E-state index in [-0.39, 0.29) is 18.9 Å². The lowest BCUT2D eigenvalue weighted by molar-refractivity contribution is -0.153. The normalized spacial score (nSPS) is 16.0. The average Bonchev–Trinajstić information content (AvgIpc) is 3.36. The first-order valence-electron chi connectivity index (χ1n) is 12.5. The predicted octanol–water partition coefficient (Wildman–Crippen LogP) is 5.07. The van der Waals surface area contributed by atoms with Crippen molar-refractivity contribution in [2.45, 2.75) is 57.7 Å². The fourth-order valence-electron chi connectivity index (χ4n) is 4.14. The zero-order valence-corrected chi connectivity index (χ0v) is 21.9. The third-order valence-corrected chi connectivity index (χ3v) is 5.99. The Morgan fingerprint density at radius 2 is 1.73 bits per heavy atom. The molecule has 2 unspecified atom stereocenters. The van der Waals surface area contributed by atoms with E-state index in [1.165, 1.54) is 11.0 Å². The highest BCUT2D eigenvalue weighted by Gasteiger charge is 2.39. The van der Waals surface area contributed by atoms with Crippen LogP contribution in [-0.4, -0.2) is 53.7 Å². The molecule has 3 rings (SSSR count). The second kappa shape index (κ2) is 12.4. The van der Waals surface area contributed by atoms with Gasteiger partial charge in [-0.3, -0.25) is 4.79 Å². The number of rotatable bonds is 9. The second-order valence-corrected chi connectivity index (χ2v) is 10.1. The first kappa shape index (κ1) is 27.7. The fraction of sp³-hybridized carbons (Fsp3) is 0.367. The summed E-state index contributed by atoms with van der Waals surface area (Å²) in [5, 5.41) is 2.73. The Morgan fingerprint density at radius 3 is 2.35 bits per heavy atom. The number of esters is 1. The van der Waals surface area contributed by atoms with Gasteiger partial charge in [-0.25, -0.2) is 9.59 Å².